The Hall–Kier alpha value is -1.32. The van der Waals surface area contributed by atoms with Gasteiger partial charge in [0.2, 0.25) is 0 Å². The summed E-state index contributed by atoms with van der Waals surface area (Å²) in [4.78, 5) is 11.4. The minimum Gasteiger partial charge on any atom is -0.373 e. The molecule has 0 radical (unpaired) electrons. The van der Waals surface area contributed by atoms with Gasteiger partial charge < -0.3 is 10.2 Å². The molecule has 0 aromatic carbocycles. The van der Waals surface area contributed by atoms with Crippen molar-refractivity contribution in [1.29, 1.82) is 0 Å². The zero-order valence-electron chi connectivity index (χ0n) is 13.4. The van der Waals surface area contributed by atoms with E-state index in [1.54, 1.807) is 6.33 Å². The average Bonchev–Trinajstić information content (AvgIpc) is 2.60. The first-order valence-electron chi connectivity index (χ1n) is 7.84. The van der Waals surface area contributed by atoms with Crippen LogP contribution in [0.1, 0.15) is 52.0 Å². The molecule has 0 saturated carbocycles. The van der Waals surface area contributed by atoms with E-state index in [2.05, 4.69) is 41.0 Å². The Labute approximate surface area is 123 Å². The average molecular weight is 276 g/mol. The smallest absolute Gasteiger partial charge is 0.137 e. The third kappa shape index (κ3) is 3.41. The Morgan fingerprint density at radius 1 is 1.25 bits per heavy atom. The van der Waals surface area contributed by atoms with E-state index in [9.17, 15) is 0 Å². The quantitative estimate of drug-likeness (QED) is 0.914. The molecule has 1 saturated heterocycles. The van der Waals surface area contributed by atoms with Gasteiger partial charge in [-0.3, -0.25) is 0 Å². The fraction of sp³-hybridized carbons (Fsp3) is 0.750. The lowest BCUT2D eigenvalue weighted by atomic mass is 9.85. The summed E-state index contributed by atoms with van der Waals surface area (Å²) in [6, 6.07) is 0. The Balaban J connectivity index is 2.27. The van der Waals surface area contributed by atoms with Gasteiger partial charge in [-0.15, -0.1) is 0 Å². The molecule has 0 atom stereocenters. The second-order valence-electron chi connectivity index (χ2n) is 6.53. The molecule has 1 aromatic rings. The molecule has 1 N–H and O–H groups in total. The maximum atomic E-state index is 4.59. The van der Waals surface area contributed by atoms with Crippen LogP contribution in [0, 0.1) is 5.41 Å². The highest BCUT2D eigenvalue weighted by Crippen LogP contribution is 2.33. The second kappa shape index (κ2) is 6.42. The largest absolute Gasteiger partial charge is 0.373 e. The van der Waals surface area contributed by atoms with Crippen molar-refractivity contribution >= 4 is 11.6 Å². The Morgan fingerprint density at radius 3 is 2.75 bits per heavy atom. The second-order valence-corrected chi connectivity index (χ2v) is 6.53. The minimum atomic E-state index is 0.457. The van der Waals surface area contributed by atoms with Crippen LogP contribution in [0.5, 0.6) is 0 Å². The molecule has 4 nitrogen and oxygen atoms in total. The molecule has 1 aliphatic heterocycles. The van der Waals surface area contributed by atoms with Crippen LogP contribution < -0.4 is 10.2 Å². The Kier molecular flexibility index (Phi) is 4.84. The monoisotopic (exact) mass is 276 g/mol. The third-order valence-electron chi connectivity index (χ3n) is 4.30. The van der Waals surface area contributed by atoms with Crippen molar-refractivity contribution in [2.45, 2.75) is 52.9 Å². The number of nitrogens with one attached hydrogen (secondary N) is 1. The lowest BCUT2D eigenvalue weighted by molar-refractivity contribution is 0.325. The molecule has 2 rings (SSSR count). The van der Waals surface area contributed by atoms with Crippen LogP contribution in [0.4, 0.5) is 11.6 Å². The first-order chi connectivity index (χ1) is 9.57. The molecule has 1 aliphatic rings. The van der Waals surface area contributed by atoms with Crippen LogP contribution in [0.2, 0.25) is 0 Å². The first-order valence-corrected chi connectivity index (χ1v) is 7.84. The van der Waals surface area contributed by atoms with E-state index in [1.807, 2.05) is 7.05 Å². The molecule has 112 valence electrons. The predicted molar refractivity (Wildman–Crippen MR) is 85.4 cm³/mol. The van der Waals surface area contributed by atoms with Crippen molar-refractivity contribution in [3.05, 3.63) is 11.9 Å². The number of rotatable bonds is 4. The summed E-state index contributed by atoms with van der Waals surface area (Å²) in [7, 11) is 1.94. The fourth-order valence-electron chi connectivity index (χ4n) is 3.01. The molecule has 0 aliphatic carbocycles. The van der Waals surface area contributed by atoms with Gasteiger partial charge in [0.15, 0.2) is 0 Å². The van der Waals surface area contributed by atoms with Crippen LogP contribution in [0.15, 0.2) is 6.33 Å². The molecule has 1 aromatic heterocycles. The van der Waals surface area contributed by atoms with Crippen molar-refractivity contribution in [1.82, 2.24) is 9.97 Å². The summed E-state index contributed by atoms with van der Waals surface area (Å²) in [5, 5.41) is 3.21. The van der Waals surface area contributed by atoms with Crippen molar-refractivity contribution < 1.29 is 0 Å². The van der Waals surface area contributed by atoms with Gasteiger partial charge in [-0.1, -0.05) is 27.2 Å². The van der Waals surface area contributed by atoms with Gasteiger partial charge in [0.05, 0.1) is 0 Å². The third-order valence-corrected chi connectivity index (χ3v) is 4.30. The summed E-state index contributed by atoms with van der Waals surface area (Å²) < 4.78 is 0. The maximum Gasteiger partial charge on any atom is 0.137 e. The van der Waals surface area contributed by atoms with Gasteiger partial charge in [0, 0.05) is 25.7 Å². The van der Waals surface area contributed by atoms with Crippen LogP contribution >= 0.6 is 0 Å². The highest BCUT2D eigenvalue weighted by Gasteiger charge is 2.25. The van der Waals surface area contributed by atoms with Crippen LogP contribution in [0.3, 0.4) is 0 Å². The summed E-state index contributed by atoms with van der Waals surface area (Å²) in [5.41, 5.74) is 1.73. The Morgan fingerprint density at radius 2 is 2.05 bits per heavy atom. The number of hydrogen-bond donors (Lipinski definition) is 1. The van der Waals surface area contributed by atoms with E-state index in [0.717, 1.165) is 37.6 Å². The molecule has 0 spiro atoms. The normalized spacial score (nSPS) is 18.7. The van der Waals surface area contributed by atoms with Crippen LogP contribution in [0.25, 0.3) is 0 Å². The number of anilines is 2. The lowest BCUT2D eigenvalue weighted by Gasteiger charge is -2.26. The van der Waals surface area contributed by atoms with Gasteiger partial charge in [0.25, 0.3) is 0 Å². The zero-order valence-corrected chi connectivity index (χ0v) is 13.4. The predicted octanol–water partition coefficient (Wildman–Crippen LogP) is 3.49. The molecule has 4 heteroatoms. The minimum absolute atomic E-state index is 0.457. The van der Waals surface area contributed by atoms with Crippen molar-refractivity contribution in [2.75, 3.05) is 30.4 Å². The van der Waals surface area contributed by atoms with Gasteiger partial charge in [0.1, 0.15) is 18.0 Å². The standard InChI is InChI=1S/C16H28N4/c1-5-7-13-14(17-4)18-12-19-15(13)20-10-6-8-16(2,3)9-11-20/h12H,5-11H2,1-4H3,(H,17,18,19). The van der Waals surface area contributed by atoms with Gasteiger partial charge in [-0.2, -0.15) is 0 Å². The fourth-order valence-corrected chi connectivity index (χ4v) is 3.01. The molecular formula is C16H28N4. The summed E-state index contributed by atoms with van der Waals surface area (Å²) in [6.07, 6.45) is 7.63. The molecule has 2 heterocycles. The summed E-state index contributed by atoms with van der Waals surface area (Å²) >= 11 is 0. The molecule has 1 fully saturated rings. The van der Waals surface area contributed by atoms with Gasteiger partial charge in [-0.25, -0.2) is 9.97 Å². The van der Waals surface area contributed by atoms with Crippen LogP contribution in [-0.4, -0.2) is 30.1 Å². The van der Waals surface area contributed by atoms with Gasteiger partial charge in [-0.05, 0) is 31.1 Å². The number of hydrogen-bond acceptors (Lipinski definition) is 4. The van der Waals surface area contributed by atoms with Crippen molar-refractivity contribution in [3.63, 3.8) is 0 Å². The highest BCUT2D eigenvalue weighted by atomic mass is 15.2. The topological polar surface area (TPSA) is 41.1 Å². The number of nitrogens with zero attached hydrogens (tertiary/aromatic N) is 3. The van der Waals surface area contributed by atoms with Gasteiger partial charge >= 0.3 is 0 Å². The van der Waals surface area contributed by atoms with Crippen molar-refractivity contribution in [3.8, 4) is 0 Å². The van der Waals surface area contributed by atoms with E-state index in [1.165, 1.54) is 24.8 Å². The summed E-state index contributed by atoms with van der Waals surface area (Å²) in [5.74, 6) is 2.13. The Bertz CT molecular complexity index is 442. The van der Waals surface area contributed by atoms with E-state index in [-0.39, 0.29) is 0 Å². The zero-order chi connectivity index (χ0) is 14.6. The number of aromatic nitrogens is 2. The maximum absolute atomic E-state index is 4.59. The summed E-state index contributed by atoms with van der Waals surface area (Å²) in [6.45, 7) is 9.18. The SMILES string of the molecule is CCCc1c(NC)ncnc1N1CCCC(C)(C)CC1. The molecule has 0 unspecified atom stereocenters. The van der Waals surface area contributed by atoms with E-state index in [0.29, 0.717) is 5.41 Å². The molecule has 20 heavy (non-hydrogen) atoms. The highest BCUT2D eigenvalue weighted by molar-refractivity contribution is 5.58. The van der Waals surface area contributed by atoms with E-state index in [4.69, 9.17) is 0 Å². The van der Waals surface area contributed by atoms with Crippen molar-refractivity contribution in [2.24, 2.45) is 5.41 Å². The first kappa shape index (κ1) is 15.1. The molecule has 0 amide bonds. The lowest BCUT2D eigenvalue weighted by Crippen LogP contribution is -2.27. The molecular weight excluding hydrogens is 248 g/mol. The van der Waals surface area contributed by atoms with E-state index < -0.39 is 0 Å². The van der Waals surface area contributed by atoms with E-state index >= 15 is 0 Å². The molecule has 0 bridgehead atoms. The van der Waals surface area contributed by atoms with Crippen LogP contribution in [-0.2, 0) is 6.42 Å².